The number of carbonyl (C=O) groups excluding carboxylic acids is 1. The zero-order chi connectivity index (χ0) is 24.9. The van der Waals surface area contributed by atoms with Gasteiger partial charge in [-0.1, -0.05) is 42.5 Å². The van der Waals surface area contributed by atoms with Crippen LogP contribution in [0, 0.1) is 0 Å². The van der Waals surface area contributed by atoms with Crippen molar-refractivity contribution in [1.82, 2.24) is 0 Å². The van der Waals surface area contributed by atoms with Crippen LogP contribution in [0.25, 0.3) is 0 Å². The number of phenols is 2. The van der Waals surface area contributed by atoms with Gasteiger partial charge in [0.1, 0.15) is 11.5 Å². The maximum Gasteiger partial charge on any atom is 0.255 e. The van der Waals surface area contributed by atoms with Gasteiger partial charge in [0.05, 0.1) is 13.2 Å². The third kappa shape index (κ3) is 5.19. The minimum Gasteiger partial charge on any atom is -0.508 e. The first-order valence-electron chi connectivity index (χ1n) is 12.0. The van der Waals surface area contributed by atoms with Gasteiger partial charge < -0.3 is 25.2 Å². The van der Waals surface area contributed by atoms with Crippen LogP contribution in [-0.2, 0) is 4.74 Å². The van der Waals surface area contributed by atoms with Gasteiger partial charge in [0.15, 0.2) is 0 Å². The minimum atomic E-state index is -0.267. The summed E-state index contributed by atoms with van der Waals surface area (Å²) in [7, 11) is 0. The lowest BCUT2D eigenvalue weighted by atomic mass is 9.82. The van der Waals surface area contributed by atoms with Crippen molar-refractivity contribution in [2.24, 2.45) is 0 Å². The Morgan fingerprint density at radius 1 is 0.750 bits per heavy atom. The SMILES string of the molecule is O=C(Nc1ccc(N2CCOCC2)cc1)c1ccccc1C(c1ccc(O)cc1)c1ccc(O)cc1. The van der Waals surface area contributed by atoms with Crippen molar-refractivity contribution < 1.29 is 19.7 Å². The molecule has 0 radical (unpaired) electrons. The van der Waals surface area contributed by atoms with E-state index in [1.807, 2.05) is 72.8 Å². The number of carbonyl (C=O) groups is 1. The summed E-state index contributed by atoms with van der Waals surface area (Å²) in [5, 5.41) is 22.7. The Morgan fingerprint density at radius 2 is 1.31 bits per heavy atom. The fraction of sp³-hybridized carbons (Fsp3) is 0.167. The predicted molar refractivity (Wildman–Crippen MR) is 141 cm³/mol. The Kier molecular flexibility index (Phi) is 6.87. The lowest BCUT2D eigenvalue weighted by Gasteiger charge is -2.29. The van der Waals surface area contributed by atoms with Gasteiger partial charge >= 0.3 is 0 Å². The molecule has 0 spiro atoms. The lowest BCUT2D eigenvalue weighted by molar-refractivity contribution is 0.102. The predicted octanol–water partition coefficient (Wildman–Crippen LogP) is 5.37. The fourth-order valence-corrected chi connectivity index (χ4v) is 4.62. The highest BCUT2D eigenvalue weighted by molar-refractivity contribution is 6.05. The molecular weight excluding hydrogens is 452 g/mol. The van der Waals surface area contributed by atoms with Crippen LogP contribution < -0.4 is 10.2 Å². The Hall–Kier alpha value is -4.29. The number of nitrogens with zero attached hydrogens (tertiary/aromatic N) is 1. The summed E-state index contributed by atoms with van der Waals surface area (Å²) in [6.07, 6.45) is 0. The van der Waals surface area contributed by atoms with Gasteiger partial charge in [0, 0.05) is 35.9 Å². The summed E-state index contributed by atoms with van der Waals surface area (Å²) < 4.78 is 5.43. The summed E-state index contributed by atoms with van der Waals surface area (Å²) >= 11 is 0. The molecule has 0 aromatic heterocycles. The van der Waals surface area contributed by atoms with Crippen molar-refractivity contribution in [3.05, 3.63) is 119 Å². The van der Waals surface area contributed by atoms with Crippen molar-refractivity contribution >= 4 is 17.3 Å². The first kappa shape index (κ1) is 23.5. The number of hydrogen-bond donors (Lipinski definition) is 3. The van der Waals surface area contributed by atoms with E-state index in [9.17, 15) is 15.0 Å². The molecule has 4 aromatic carbocycles. The van der Waals surface area contributed by atoms with E-state index in [2.05, 4.69) is 10.2 Å². The van der Waals surface area contributed by atoms with Gasteiger partial charge in [-0.05, 0) is 71.3 Å². The molecule has 3 N–H and O–H groups in total. The van der Waals surface area contributed by atoms with Crippen LogP contribution in [0.5, 0.6) is 11.5 Å². The van der Waals surface area contributed by atoms with Crippen molar-refractivity contribution in [1.29, 1.82) is 0 Å². The topological polar surface area (TPSA) is 82.0 Å². The van der Waals surface area contributed by atoms with E-state index < -0.39 is 0 Å². The van der Waals surface area contributed by atoms with E-state index >= 15 is 0 Å². The first-order valence-corrected chi connectivity index (χ1v) is 12.0. The van der Waals surface area contributed by atoms with E-state index in [4.69, 9.17) is 4.74 Å². The molecular formula is C30H28N2O4. The number of ether oxygens (including phenoxy) is 1. The summed E-state index contributed by atoms with van der Waals surface area (Å²) in [5.74, 6) is -0.117. The van der Waals surface area contributed by atoms with E-state index in [0.717, 1.165) is 54.4 Å². The van der Waals surface area contributed by atoms with Crippen LogP contribution >= 0.6 is 0 Å². The number of benzene rings is 4. The molecule has 0 bridgehead atoms. The monoisotopic (exact) mass is 480 g/mol. The number of hydrogen-bond acceptors (Lipinski definition) is 5. The zero-order valence-electron chi connectivity index (χ0n) is 19.8. The molecule has 1 aliphatic heterocycles. The molecule has 4 aromatic rings. The van der Waals surface area contributed by atoms with Crippen molar-refractivity contribution in [3.8, 4) is 11.5 Å². The van der Waals surface area contributed by atoms with E-state index in [1.54, 1.807) is 24.3 Å². The molecule has 1 heterocycles. The molecule has 0 saturated carbocycles. The highest BCUT2D eigenvalue weighted by Gasteiger charge is 2.23. The average Bonchev–Trinajstić information content (AvgIpc) is 2.92. The summed E-state index contributed by atoms with van der Waals surface area (Å²) in [6, 6.07) is 29.4. The molecule has 0 atom stereocenters. The smallest absolute Gasteiger partial charge is 0.255 e. The molecule has 1 amide bonds. The van der Waals surface area contributed by atoms with Crippen LogP contribution in [0.4, 0.5) is 11.4 Å². The van der Waals surface area contributed by atoms with Gasteiger partial charge in [-0.25, -0.2) is 0 Å². The van der Waals surface area contributed by atoms with E-state index in [1.165, 1.54) is 0 Å². The lowest BCUT2D eigenvalue weighted by Crippen LogP contribution is -2.36. The minimum absolute atomic E-state index is 0.176. The number of amides is 1. The second-order valence-electron chi connectivity index (χ2n) is 8.80. The molecule has 6 heteroatoms. The molecule has 1 fully saturated rings. The molecule has 6 nitrogen and oxygen atoms in total. The quantitative estimate of drug-likeness (QED) is 0.324. The summed E-state index contributed by atoms with van der Waals surface area (Å²) in [6.45, 7) is 3.15. The maximum atomic E-state index is 13.5. The average molecular weight is 481 g/mol. The number of phenolic OH excluding ortho intramolecular Hbond substituents is 2. The van der Waals surface area contributed by atoms with Crippen LogP contribution in [0.2, 0.25) is 0 Å². The third-order valence-corrected chi connectivity index (χ3v) is 6.47. The van der Waals surface area contributed by atoms with Crippen molar-refractivity contribution in [3.63, 3.8) is 0 Å². The molecule has 0 aliphatic carbocycles. The van der Waals surface area contributed by atoms with Crippen LogP contribution in [0.15, 0.2) is 97.1 Å². The second-order valence-corrected chi connectivity index (χ2v) is 8.80. The van der Waals surface area contributed by atoms with Gasteiger partial charge in [0.2, 0.25) is 0 Å². The first-order chi connectivity index (χ1) is 17.6. The number of morpholine rings is 1. The molecule has 1 saturated heterocycles. The van der Waals surface area contributed by atoms with E-state index in [0.29, 0.717) is 5.56 Å². The maximum absolute atomic E-state index is 13.5. The van der Waals surface area contributed by atoms with Crippen molar-refractivity contribution in [2.75, 3.05) is 36.5 Å². The summed E-state index contributed by atoms with van der Waals surface area (Å²) in [4.78, 5) is 15.7. The Balaban J connectivity index is 1.45. The van der Waals surface area contributed by atoms with Gasteiger partial charge in [-0.2, -0.15) is 0 Å². The van der Waals surface area contributed by atoms with Crippen LogP contribution in [-0.4, -0.2) is 42.4 Å². The highest BCUT2D eigenvalue weighted by Crippen LogP contribution is 2.35. The number of aromatic hydroxyl groups is 2. The van der Waals surface area contributed by atoms with E-state index in [-0.39, 0.29) is 23.3 Å². The molecule has 0 unspecified atom stereocenters. The highest BCUT2D eigenvalue weighted by atomic mass is 16.5. The Bertz CT molecular complexity index is 1270. The standard InChI is InChI=1S/C30H28N2O4/c33-25-13-5-21(6-14-25)29(22-7-15-26(34)16-8-22)27-3-1-2-4-28(27)30(35)31-23-9-11-24(12-10-23)32-17-19-36-20-18-32/h1-16,29,33-34H,17-20H2,(H,31,35). The number of anilines is 2. The fourth-order valence-electron chi connectivity index (χ4n) is 4.62. The van der Waals surface area contributed by atoms with Crippen molar-refractivity contribution in [2.45, 2.75) is 5.92 Å². The second kappa shape index (κ2) is 10.5. The van der Waals surface area contributed by atoms with Gasteiger partial charge in [-0.15, -0.1) is 0 Å². The van der Waals surface area contributed by atoms with Crippen LogP contribution in [0.3, 0.4) is 0 Å². The number of rotatable bonds is 6. The zero-order valence-corrected chi connectivity index (χ0v) is 19.8. The largest absolute Gasteiger partial charge is 0.508 e. The molecule has 5 rings (SSSR count). The molecule has 36 heavy (non-hydrogen) atoms. The normalized spacial score (nSPS) is 13.5. The van der Waals surface area contributed by atoms with Gasteiger partial charge in [-0.3, -0.25) is 4.79 Å². The number of nitrogens with one attached hydrogen (secondary N) is 1. The Morgan fingerprint density at radius 3 is 1.89 bits per heavy atom. The summed E-state index contributed by atoms with van der Waals surface area (Å²) in [5.41, 5.74) is 5.06. The van der Waals surface area contributed by atoms with Crippen LogP contribution in [0.1, 0.15) is 33.0 Å². The Labute approximate surface area is 210 Å². The third-order valence-electron chi connectivity index (χ3n) is 6.47. The van der Waals surface area contributed by atoms with Gasteiger partial charge in [0.25, 0.3) is 5.91 Å². The molecule has 1 aliphatic rings. The molecule has 182 valence electrons.